The molecule has 0 saturated heterocycles. The molecule has 0 spiro atoms. The molecule has 150 valence electrons. The Morgan fingerprint density at radius 1 is 0.448 bits per heavy atom. The Balaban J connectivity index is 2.10. The maximum atomic E-state index is 2.48. The summed E-state index contributed by atoms with van der Waals surface area (Å²) in [4.78, 5) is 0. The Morgan fingerprint density at radius 3 is 1.14 bits per heavy atom. The van der Waals surface area contributed by atoms with Gasteiger partial charge in [0.05, 0.1) is 0 Å². The molecule has 0 bridgehead atoms. The first-order valence-corrected chi connectivity index (χ1v) is 12.6. The second-order valence-corrected chi connectivity index (χ2v) is 16.0. The van der Waals surface area contributed by atoms with Gasteiger partial charge in [-0.25, -0.2) is 0 Å². The Labute approximate surface area is 176 Å². The van der Waals surface area contributed by atoms with E-state index in [1.54, 1.807) is 0 Å². The molecule has 0 radical (unpaired) electrons. The van der Waals surface area contributed by atoms with Crippen molar-refractivity contribution >= 4 is 39.4 Å². The molecule has 1 heteroatoms. The van der Waals surface area contributed by atoms with E-state index in [1.165, 1.54) is 32.2 Å². The summed E-state index contributed by atoms with van der Waals surface area (Å²) < 4.78 is 0. The van der Waals surface area contributed by atoms with Crippen molar-refractivity contribution in [3.63, 3.8) is 0 Å². The molecule has 29 heavy (non-hydrogen) atoms. The van der Waals surface area contributed by atoms with Crippen LogP contribution >= 0.6 is 7.26 Å². The van der Waals surface area contributed by atoms with Crippen molar-refractivity contribution in [2.75, 3.05) is 0 Å². The van der Waals surface area contributed by atoms with Crippen molar-refractivity contribution in [1.82, 2.24) is 0 Å². The van der Waals surface area contributed by atoms with Crippen LogP contribution in [-0.2, 0) is 0 Å². The molecule has 0 aromatic heterocycles. The fourth-order valence-corrected chi connectivity index (χ4v) is 13.3. The molecule has 0 heterocycles. The van der Waals surface area contributed by atoms with Gasteiger partial charge in [-0.2, -0.15) is 0 Å². The predicted molar refractivity (Wildman–Crippen MR) is 135 cm³/mol. The van der Waals surface area contributed by atoms with Gasteiger partial charge < -0.3 is 0 Å². The molecule has 4 aromatic rings. The number of benzene rings is 4. The van der Waals surface area contributed by atoms with Crippen LogP contribution in [0.3, 0.4) is 0 Å². The molecule has 0 nitrogen and oxygen atoms in total. The summed E-state index contributed by atoms with van der Waals surface area (Å²) in [7, 11) is -2.19. The molecule has 4 rings (SSSR count). The second-order valence-electron chi connectivity index (χ2n) is 10.4. The second kappa shape index (κ2) is 6.96. The van der Waals surface area contributed by atoms with Crippen molar-refractivity contribution in [1.29, 1.82) is 0 Å². The molecule has 0 aliphatic heterocycles. The quantitative estimate of drug-likeness (QED) is 0.310. The molecule has 0 fully saturated rings. The van der Waals surface area contributed by atoms with Crippen molar-refractivity contribution < 1.29 is 0 Å². The van der Waals surface area contributed by atoms with Crippen molar-refractivity contribution in [2.24, 2.45) is 0 Å². The molecular formula is C28H33P. The third kappa shape index (κ3) is 3.19. The summed E-state index contributed by atoms with van der Waals surface area (Å²) in [5.41, 5.74) is 0. The zero-order chi connectivity index (χ0) is 20.9. The van der Waals surface area contributed by atoms with Crippen LogP contribution in [0.5, 0.6) is 0 Å². The molecular weight excluding hydrogens is 367 g/mol. The number of rotatable bonds is 2. The van der Waals surface area contributed by atoms with E-state index in [9.17, 15) is 0 Å². The summed E-state index contributed by atoms with van der Waals surface area (Å²) in [6.45, 7) is 14.7. The Bertz CT molecular complexity index is 1080. The van der Waals surface area contributed by atoms with E-state index < -0.39 is 7.26 Å². The fraction of sp³-hybridized carbons (Fsp3) is 0.286. The average molecular weight is 401 g/mol. The predicted octanol–water partition coefficient (Wildman–Crippen LogP) is 7.29. The first-order valence-electron chi connectivity index (χ1n) is 10.6. The monoisotopic (exact) mass is 400 g/mol. The summed E-state index contributed by atoms with van der Waals surface area (Å²) in [5, 5.41) is 8.72. The standard InChI is InChI=1S/C28H33P/c1-27(2,3)29(28(4,5)6,25-17-15-21-11-7-9-13-23(21)19-25)26-18-16-22-12-8-10-14-24(22)20-26/h7-20,29H,1-6H3. The number of hydrogen-bond donors (Lipinski definition) is 0. The topological polar surface area (TPSA) is 0 Å². The van der Waals surface area contributed by atoms with E-state index >= 15 is 0 Å². The molecule has 0 N–H and O–H groups in total. The van der Waals surface area contributed by atoms with Gasteiger partial charge in [0.2, 0.25) is 0 Å². The van der Waals surface area contributed by atoms with Gasteiger partial charge in [-0.05, 0) is 0 Å². The van der Waals surface area contributed by atoms with E-state index in [-0.39, 0.29) is 10.3 Å². The zero-order valence-corrected chi connectivity index (χ0v) is 19.6. The van der Waals surface area contributed by atoms with Gasteiger partial charge in [0.15, 0.2) is 0 Å². The first-order chi connectivity index (χ1) is 13.6. The molecule has 4 aromatic carbocycles. The van der Waals surface area contributed by atoms with E-state index in [0.717, 1.165) is 0 Å². The van der Waals surface area contributed by atoms with Crippen molar-refractivity contribution in [2.45, 2.75) is 51.9 Å². The average Bonchev–Trinajstić information content (AvgIpc) is 2.66. The molecule has 0 unspecified atom stereocenters. The van der Waals surface area contributed by atoms with Gasteiger partial charge in [0.25, 0.3) is 0 Å². The van der Waals surface area contributed by atoms with E-state index in [4.69, 9.17) is 0 Å². The third-order valence-electron chi connectivity index (χ3n) is 6.61. The number of hydrogen-bond acceptors (Lipinski definition) is 0. The van der Waals surface area contributed by atoms with E-state index in [1.807, 2.05) is 0 Å². The maximum absolute atomic E-state index is 2.48. The van der Waals surface area contributed by atoms with Crippen LogP contribution in [0.25, 0.3) is 21.5 Å². The van der Waals surface area contributed by atoms with Gasteiger partial charge >= 0.3 is 176 Å². The van der Waals surface area contributed by atoms with Crippen LogP contribution in [0.1, 0.15) is 41.5 Å². The van der Waals surface area contributed by atoms with Gasteiger partial charge in [-0.15, -0.1) is 0 Å². The molecule has 0 aliphatic rings. The summed E-state index contributed by atoms with van der Waals surface area (Å²) in [6, 6.07) is 31.9. The minimum atomic E-state index is -2.19. The molecule has 0 amide bonds. The minimum absolute atomic E-state index is 0.163. The molecule has 0 aliphatic carbocycles. The Morgan fingerprint density at radius 2 is 0.793 bits per heavy atom. The van der Waals surface area contributed by atoms with Gasteiger partial charge in [-0.1, -0.05) is 0 Å². The van der Waals surface area contributed by atoms with Gasteiger partial charge in [0, 0.05) is 0 Å². The van der Waals surface area contributed by atoms with Crippen LogP contribution in [0.2, 0.25) is 0 Å². The van der Waals surface area contributed by atoms with Crippen LogP contribution in [0.4, 0.5) is 0 Å². The zero-order valence-electron chi connectivity index (χ0n) is 18.6. The fourth-order valence-electron chi connectivity index (χ4n) is 5.87. The van der Waals surface area contributed by atoms with Gasteiger partial charge in [-0.3, -0.25) is 0 Å². The molecule has 0 saturated carbocycles. The van der Waals surface area contributed by atoms with Crippen LogP contribution in [-0.4, -0.2) is 10.3 Å². The summed E-state index contributed by atoms with van der Waals surface area (Å²) in [6.07, 6.45) is 0. The SMILES string of the molecule is CC(C)(C)[PH](c1ccc2ccccc2c1)(c1ccc2ccccc2c1)C(C)(C)C. The molecule has 0 atom stereocenters. The van der Waals surface area contributed by atoms with Crippen molar-refractivity contribution in [3.8, 4) is 0 Å². The van der Waals surface area contributed by atoms with Crippen LogP contribution < -0.4 is 10.6 Å². The summed E-state index contributed by atoms with van der Waals surface area (Å²) >= 11 is 0. The Hall–Kier alpha value is -2.17. The van der Waals surface area contributed by atoms with Gasteiger partial charge in [0.1, 0.15) is 0 Å². The number of fused-ring (bicyclic) bond motifs is 2. The van der Waals surface area contributed by atoms with Crippen molar-refractivity contribution in [3.05, 3.63) is 84.9 Å². The normalized spacial score (nSPS) is 13.7. The Kier molecular flexibility index (Phi) is 4.83. The van der Waals surface area contributed by atoms with E-state index in [2.05, 4.69) is 126 Å². The summed E-state index contributed by atoms with van der Waals surface area (Å²) in [5.74, 6) is 0. The van der Waals surface area contributed by atoms with E-state index in [0.29, 0.717) is 0 Å². The third-order valence-corrected chi connectivity index (χ3v) is 13.5. The first kappa shape index (κ1) is 20.1. The van der Waals surface area contributed by atoms with Crippen LogP contribution in [0.15, 0.2) is 84.9 Å². The van der Waals surface area contributed by atoms with Crippen LogP contribution in [0, 0.1) is 0 Å².